The van der Waals surface area contributed by atoms with Crippen LogP contribution in [0.3, 0.4) is 0 Å². The van der Waals surface area contributed by atoms with Gasteiger partial charge in [0.25, 0.3) is 15.9 Å². The summed E-state index contributed by atoms with van der Waals surface area (Å²) >= 11 is 0. The predicted octanol–water partition coefficient (Wildman–Crippen LogP) is 3.97. The lowest BCUT2D eigenvalue weighted by Crippen LogP contribution is -2.38. The maximum atomic E-state index is 13.4. The lowest BCUT2D eigenvalue weighted by atomic mass is 10.1. The Morgan fingerprint density at radius 2 is 1.58 bits per heavy atom. The maximum absolute atomic E-state index is 13.4. The van der Waals surface area contributed by atoms with Crippen LogP contribution in [0.15, 0.2) is 83.8 Å². The molecule has 3 aromatic rings. The third-order valence-electron chi connectivity index (χ3n) is 4.77. The third-order valence-corrected chi connectivity index (χ3v) is 6.56. The summed E-state index contributed by atoms with van der Waals surface area (Å²) in [5.74, 6) is -0.894. The molecule has 0 spiro atoms. The molecule has 0 radical (unpaired) electrons. The van der Waals surface area contributed by atoms with Crippen LogP contribution in [0.1, 0.15) is 29.8 Å². The second-order valence-electron chi connectivity index (χ2n) is 7.89. The highest BCUT2D eigenvalue weighted by Crippen LogP contribution is 2.25. The highest BCUT2D eigenvalue weighted by Gasteiger charge is 2.27. The average Bonchev–Trinajstić information content (AvgIpc) is 2.78. The van der Waals surface area contributed by atoms with Gasteiger partial charge >= 0.3 is 0 Å². The molecule has 0 aromatic heterocycles. The fourth-order valence-electron chi connectivity index (χ4n) is 3.27. The van der Waals surface area contributed by atoms with E-state index in [1.807, 2.05) is 26.8 Å². The number of para-hydroxylation sites is 1. The minimum Gasteiger partial charge on any atom is -0.350 e. The Balaban J connectivity index is 1.92. The first-order valence-corrected chi connectivity index (χ1v) is 12.0. The van der Waals surface area contributed by atoms with E-state index in [4.69, 9.17) is 0 Å². The molecule has 2 amide bonds. The summed E-state index contributed by atoms with van der Waals surface area (Å²) < 4.78 is 27.9. The van der Waals surface area contributed by atoms with Crippen LogP contribution >= 0.6 is 0 Å². The van der Waals surface area contributed by atoms with Gasteiger partial charge in [-0.25, -0.2) is 8.42 Å². The van der Waals surface area contributed by atoms with Crippen molar-refractivity contribution in [2.75, 3.05) is 16.2 Å². The van der Waals surface area contributed by atoms with Crippen LogP contribution in [0, 0.1) is 6.92 Å². The first-order valence-electron chi connectivity index (χ1n) is 10.5. The quantitative estimate of drug-likeness (QED) is 0.526. The molecule has 0 heterocycles. The first-order chi connectivity index (χ1) is 15.7. The summed E-state index contributed by atoms with van der Waals surface area (Å²) in [5, 5.41) is 5.49. The van der Waals surface area contributed by atoms with Crippen LogP contribution in [-0.4, -0.2) is 32.8 Å². The van der Waals surface area contributed by atoms with Crippen molar-refractivity contribution in [1.82, 2.24) is 5.32 Å². The molecule has 3 rings (SSSR count). The fourth-order valence-corrected chi connectivity index (χ4v) is 4.70. The van der Waals surface area contributed by atoms with Crippen molar-refractivity contribution in [2.45, 2.75) is 31.7 Å². The first kappa shape index (κ1) is 24.0. The fraction of sp³-hybridized carbons (Fsp3) is 0.200. The molecule has 3 aromatic carbocycles. The lowest BCUT2D eigenvalue weighted by Gasteiger charge is -2.24. The van der Waals surface area contributed by atoms with Gasteiger partial charge in [-0.05, 0) is 62.7 Å². The van der Waals surface area contributed by atoms with E-state index < -0.39 is 22.5 Å². The molecule has 2 N–H and O–H groups in total. The predicted molar refractivity (Wildman–Crippen MR) is 130 cm³/mol. The molecule has 0 aliphatic carbocycles. The van der Waals surface area contributed by atoms with Crippen molar-refractivity contribution in [1.29, 1.82) is 0 Å². The second kappa shape index (κ2) is 10.3. The van der Waals surface area contributed by atoms with E-state index in [9.17, 15) is 18.0 Å². The van der Waals surface area contributed by atoms with Crippen molar-refractivity contribution in [2.24, 2.45) is 0 Å². The summed E-state index contributed by atoms with van der Waals surface area (Å²) in [6, 6.07) is 21.4. The summed E-state index contributed by atoms with van der Waals surface area (Å²) in [6.07, 6.45) is 0. The Labute approximate surface area is 194 Å². The van der Waals surface area contributed by atoms with Gasteiger partial charge in [-0.3, -0.25) is 13.9 Å². The van der Waals surface area contributed by atoms with Crippen molar-refractivity contribution < 1.29 is 18.0 Å². The van der Waals surface area contributed by atoms with Crippen LogP contribution in [0.25, 0.3) is 0 Å². The average molecular weight is 466 g/mol. The molecule has 7 nitrogen and oxygen atoms in total. The normalized spacial score (nSPS) is 11.2. The SMILES string of the molecule is Cc1cccc(N(CC(=O)Nc2ccccc2C(=O)NC(C)C)S(=O)(=O)c2ccccc2)c1. The number of nitrogens with one attached hydrogen (secondary N) is 2. The maximum Gasteiger partial charge on any atom is 0.264 e. The van der Waals surface area contributed by atoms with Crippen molar-refractivity contribution in [3.8, 4) is 0 Å². The number of carbonyl (C=O) groups excluding carboxylic acids is 2. The van der Waals surface area contributed by atoms with Gasteiger partial charge in [0.15, 0.2) is 0 Å². The molecule has 33 heavy (non-hydrogen) atoms. The van der Waals surface area contributed by atoms with E-state index in [2.05, 4.69) is 10.6 Å². The molecule has 0 aliphatic heterocycles. The van der Waals surface area contributed by atoms with Gasteiger partial charge in [0, 0.05) is 6.04 Å². The van der Waals surface area contributed by atoms with Crippen LogP contribution in [0.2, 0.25) is 0 Å². The molecular weight excluding hydrogens is 438 g/mol. The van der Waals surface area contributed by atoms with Gasteiger partial charge in [-0.1, -0.05) is 42.5 Å². The molecule has 0 fully saturated rings. The lowest BCUT2D eigenvalue weighted by molar-refractivity contribution is -0.114. The van der Waals surface area contributed by atoms with Gasteiger partial charge in [-0.2, -0.15) is 0 Å². The van der Waals surface area contributed by atoms with Crippen LogP contribution in [0.5, 0.6) is 0 Å². The van der Waals surface area contributed by atoms with E-state index >= 15 is 0 Å². The third kappa shape index (κ3) is 5.98. The standard InChI is InChI=1S/C25H27N3O4S/c1-18(2)26-25(30)22-14-7-8-15-23(22)27-24(29)17-28(20-11-9-10-19(3)16-20)33(31,32)21-12-5-4-6-13-21/h4-16,18H,17H2,1-3H3,(H,26,30)(H,27,29). The zero-order valence-corrected chi connectivity index (χ0v) is 19.6. The van der Waals surface area contributed by atoms with Gasteiger partial charge in [0.1, 0.15) is 6.54 Å². The molecule has 0 atom stereocenters. The molecule has 0 saturated carbocycles. The highest BCUT2D eigenvalue weighted by atomic mass is 32.2. The Bertz CT molecular complexity index is 1240. The van der Waals surface area contributed by atoms with Crippen molar-refractivity contribution >= 4 is 33.2 Å². The number of hydrogen-bond donors (Lipinski definition) is 2. The number of rotatable bonds is 8. The minimum absolute atomic E-state index is 0.0749. The summed E-state index contributed by atoms with van der Waals surface area (Å²) in [5.41, 5.74) is 1.84. The topological polar surface area (TPSA) is 95.6 Å². The molecule has 172 valence electrons. The number of benzene rings is 3. The largest absolute Gasteiger partial charge is 0.350 e. The highest BCUT2D eigenvalue weighted by molar-refractivity contribution is 7.92. The summed E-state index contributed by atoms with van der Waals surface area (Å²) in [6.45, 7) is 5.07. The number of aryl methyl sites for hydroxylation is 1. The monoisotopic (exact) mass is 465 g/mol. The van der Waals surface area contributed by atoms with Gasteiger partial charge in [-0.15, -0.1) is 0 Å². The van der Waals surface area contributed by atoms with E-state index in [-0.39, 0.29) is 16.8 Å². The zero-order chi connectivity index (χ0) is 24.0. The smallest absolute Gasteiger partial charge is 0.264 e. The van der Waals surface area contributed by atoms with Gasteiger partial charge in [0.2, 0.25) is 5.91 Å². The second-order valence-corrected chi connectivity index (χ2v) is 9.75. The Hall–Kier alpha value is -3.65. The Morgan fingerprint density at radius 3 is 2.24 bits per heavy atom. The van der Waals surface area contributed by atoms with Crippen molar-refractivity contribution in [3.63, 3.8) is 0 Å². The van der Waals surface area contributed by atoms with Crippen molar-refractivity contribution in [3.05, 3.63) is 90.0 Å². The van der Waals surface area contributed by atoms with Gasteiger partial charge < -0.3 is 10.6 Å². The number of amides is 2. The molecule has 0 aliphatic rings. The van der Waals surface area contributed by atoms with Crippen LogP contribution in [0.4, 0.5) is 11.4 Å². The summed E-state index contributed by atoms with van der Waals surface area (Å²) in [7, 11) is -4.01. The molecule has 0 unspecified atom stereocenters. The van der Waals surface area contributed by atoms with Crippen LogP contribution < -0.4 is 14.9 Å². The number of carbonyl (C=O) groups is 2. The van der Waals surface area contributed by atoms with E-state index in [1.54, 1.807) is 60.7 Å². The minimum atomic E-state index is -4.01. The summed E-state index contributed by atoms with van der Waals surface area (Å²) in [4.78, 5) is 25.6. The number of sulfonamides is 1. The Morgan fingerprint density at radius 1 is 0.909 bits per heavy atom. The molecule has 8 heteroatoms. The number of anilines is 2. The molecule has 0 bridgehead atoms. The number of nitrogens with zero attached hydrogens (tertiary/aromatic N) is 1. The molecule has 0 saturated heterocycles. The van der Waals surface area contributed by atoms with Crippen LogP contribution in [-0.2, 0) is 14.8 Å². The van der Waals surface area contributed by atoms with E-state index in [0.29, 0.717) is 16.9 Å². The van der Waals surface area contributed by atoms with E-state index in [0.717, 1.165) is 9.87 Å². The van der Waals surface area contributed by atoms with Gasteiger partial charge in [0.05, 0.1) is 21.8 Å². The number of hydrogen-bond acceptors (Lipinski definition) is 4. The molecular formula is C25H27N3O4S. The Kier molecular flexibility index (Phi) is 7.50. The zero-order valence-electron chi connectivity index (χ0n) is 18.8. The van der Waals surface area contributed by atoms with E-state index in [1.165, 1.54) is 12.1 Å².